The molecule has 1 N–H and O–H groups in total. The van der Waals surface area contributed by atoms with Crippen molar-refractivity contribution in [1.82, 2.24) is 9.88 Å². The zero-order valence-corrected chi connectivity index (χ0v) is 13.4. The van der Waals surface area contributed by atoms with Gasteiger partial charge < -0.3 is 5.11 Å². The molecule has 1 aromatic heterocycles. The molecule has 0 fully saturated rings. The summed E-state index contributed by atoms with van der Waals surface area (Å²) in [5.74, 6) is -0.767. The maximum absolute atomic E-state index is 10.6. The van der Waals surface area contributed by atoms with Crippen molar-refractivity contribution in [2.75, 3.05) is 13.6 Å². The number of rotatable bonds is 6. The van der Waals surface area contributed by atoms with E-state index in [1.54, 1.807) is 11.3 Å². The number of carbonyl (C=O) groups is 1. The Bertz CT molecular complexity index is 637. The van der Waals surface area contributed by atoms with Crippen LogP contribution in [0.15, 0.2) is 23.6 Å². The topological polar surface area (TPSA) is 53.4 Å². The standard InChI is InChI=1S/C16H20N2O2S/c1-11-4-5-12(2)13(8-11)14-10-21-15(17-14)9-18(3)7-6-16(19)20/h4-5,8,10H,6-7,9H2,1-3H3,(H,19,20). The first-order chi connectivity index (χ1) is 9.95. The summed E-state index contributed by atoms with van der Waals surface area (Å²) in [6.45, 7) is 5.39. The van der Waals surface area contributed by atoms with Crippen molar-refractivity contribution in [2.45, 2.75) is 26.8 Å². The van der Waals surface area contributed by atoms with Gasteiger partial charge in [0.1, 0.15) is 5.01 Å². The van der Waals surface area contributed by atoms with Crippen LogP contribution in [0.5, 0.6) is 0 Å². The highest BCUT2D eigenvalue weighted by Gasteiger charge is 2.10. The van der Waals surface area contributed by atoms with E-state index in [0.29, 0.717) is 13.1 Å². The van der Waals surface area contributed by atoms with Crippen molar-refractivity contribution < 1.29 is 9.90 Å². The van der Waals surface area contributed by atoms with E-state index in [1.807, 2.05) is 11.9 Å². The maximum Gasteiger partial charge on any atom is 0.304 e. The number of carboxylic acids is 1. The zero-order chi connectivity index (χ0) is 15.4. The molecule has 21 heavy (non-hydrogen) atoms. The second-order valence-corrected chi connectivity index (χ2v) is 6.27. The number of hydrogen-bond acceptors (Lipinski definition) is 4. The van der Waals surface area contributed by atoms with Crippen molar-refractivity contribution in [2.24, 2.45) is 0 Å². The van der Waals surface area contributed by atoms with Gasteiger partial charge in [-0.25, -0.2) is 4.98 Å². The molecule has 0 aliphatic rings. The number of benzene rings is 1. The fraction of sp³-hybridized carbons (Fsp3) is 0.375. The highest BCUT2D eigenvalue weighted by atomic mass is 32.1. The van der Waals surface area contributed by atoms with Crippen molar-refractivity contribution in [3.8, 4) is 11.3 Å². The van der Waals surface area contributed by atoms with Gasteiger partial charge in [0, 0.05) is 17.5 Å². The largest absolute Gasteiger partial charge is 0.481 e. The first kappa shape index (κ1) is 15.7. The predicted molar refractivity (Wildman–Crippen MR) is 85.6 cm³/mol. The molecule has 2 rings (SSSR count). The van der Waals surface area contributed by atoms with E-state index in [9.17, 15) is 4.79 Å². The van der Waals surface area contributed by atoms with Crippen LogP contribution in [0.3, 0.4) is 0 Å². The number of hydrogen-bond donors (Lipinski definition) is 1. The van der Waals surface area contributed by atoms with Crippen LogP contribution in [0.25, 0.3) is 11.3 Å². The minimum absolute atomic E-state index is 0.158. The molecule has 112 valence electrons. The molecule has 0 amide bonds. The highest BCUT2D eigenvalue weighted by Crippen LogP contribution is 2.26. The molecule has 0 atom stereocenters. The molecule has 0 aliphatic heterocycles. The van der Waals surface area contributed by atoms with Gasteiger partial charge in [0.25, 0.3) is 0 Å². The van der Waals surface area contributed by atoms with Crippen LogP contribution in [0.4, 0.5) is 0 Å². The monoisotopic (exact) mass is 304 g/mol. The minimum Gasteiger partial charge on any atom is -0.481 e. The summed E-state index contributed by atoms with van der Waals surface area (Å²) >= 11 is 1.62. The minimum atomic E-state index is -0.767. The molecular weight excluding hydrogens is 284 g/mol. The van der Waals surface area contributed by atoms with Gasteiger partial charge in [-0.3, -0.25) is 9.69 Å². The lowest BCUT2D eigenvalue weighted by Crippen LogP contribution is -2.21. The molecule has 1 aromatic carbocycles. The lowest BCUT2D eigenvalue weighted by molar-refractivity contribution is -0.137. The number of nitrogens with zero attached hydrogens (tertiary/aromatic N) is 2. The van der Waals surface area contributed by atoms with Crippen LogP contribution in [0.1, 0.15) is 22.6 Å². The molecule has 4 nitrogen and oxygen atoms in total. The molecule has 5 heteroatoms. The molecule has 0 saturated carbocycles. The first-order valence-electron chi connectivity index (χ1n) is 6.88. The molecule has 1 heterocycles. The van der Waals surface area contributed by atoms with Gasteiger partial charge in [0.15, 0.2) is 0 Å². The summed E-state index contributed by atoms with van der Waals surface area (Å²) in [7, 11) is 1.92. The fourth-order valence-electron chi connectivity index (χ4n) is 2.12. The predicted octanol–water partition coefficient (Wildman–Crippen LogP) is 3.33. The summed E-state index contributed by atoms with van der Waals surface area (Å²) < 4.78 is 0. The third-order valence-corrected chi connectivity index (χ3v) is 4.17. The van der Waals surface area contributed by atoms with Crippen molar-refractivity contribution in [3.63, 3.8) is 0 Å². The molecular formula is C16H20N2O2S. The van der Waals surface area contributed by atoms with Crippen LogP contribution in [-0.4, -0.2) is 34.6 Å². The Morgan fingerprint density at radius 3 is 2.86 bits per heavy atom. The van der Waals surface area contributed by atoms with Gasteiger partial charge in [-0.15, -0.1) is 11.3 Å². The van der Waals surface area contributed by atoms with E-state index in [4.69, 9.17) is 5.11 Å². The summed E-state index contributed by atoms with van der Waals surface area (Å²) in [6.07, 6.45) is 0.158. The van der Waals surface area contributed by atoms with E-state index >= 15 is 0 Å². The van der Waals surface area contributed by atoms with Crippen LogP contribution < -0.4 is 0 Å². The number of aliphatic carboxylic acids is 1. The van der Waals surface area contributed by atoms with E-state index < -0.39 is 5.97 Å². The van der Waals surface area contributed by atoms with Gasteiger partial charge in [-0.1, -0.05) is 17.7 Å². The van der Waals surface area contributed by atoms with Gasteiger partial charge in [0.2, 0.25) is 0 Å². The van der Waals surface area contributed by atoms with Crippen molar-refractivity contribution in [1.29, 1.82) is 0 Å². The Labute approximate surface area is 129 Å². The highest BCUT2D eigenvalue weighted by molar-refractivity contribution is 7.09. The molecule has 0 bridgehead atoms. The number of thiazole rings is 1. The van der Waals surface area contributed by atoms with Crippen LogP contribution >= 0.6 is 11.3 Å². The number of carboxylic acid groups (broad SMARTS) is 1. The lowest BCUT2D eigenvalue weighted by atomic mass is 10.0. The molecule has 0 spiro atoms. The normalized spacial score (nSPS) is 11.0. The van der Waals surface area contributed by atoms with E-state index in [1.165, 1.54) is 16.7 Å². The molecule has 0 radical (unpaired) electrons. The lowest BCUT2D eigenvalue weighted by Gasteiger charge is -2.13. The molecule has 0 unspecified atom stereocenters. The van der Waals surface area contributed by atoms with E-state index in [2.05, 4.69) is 42.4 Å². The summed E-state index contributed by atoms with van der Waals surface area (Å²) in [4.78, 5) is 17.2. The smallest absolute Gasteiger partial charge is 0.304 e. The quantitative estimate of drug-likeness (QED) is 0.889. The second-order valence-electron chi connectivity index (χ2n) is 5.33. The van der Waals surface area contributed by atoms with Crippen LogP contribution in [0.2, 0.25) is 0 Å². The summed E-state index contributed by atoms with van der Waals surface area (Å²) in [5.41, 5.74) is 4.62. The molecule has 0 saturated heterocycles. The van der Waals surface area contributed by atoms with E-state index in [0.717, 1.165) is 10.7 Å². The Morgan fingerprint density at radius 2 is 2.14 bits per heavy atom. The van der Waals surface area contributed by atoms with Crippen LogP contribution in [0, 0.1) is 13.8 Å². The maximum atomic E-state index is 10.6. The van der Waals surface area contributed by atoms with Gasteiger partial charge in [-0.2, -0.15) is 0 Å². The summed E-state index contributed by atoms with van der Waals surface area (Å²) in [6, 6.07) is 6.37. The van der Waals surface area contributed by atoms with Crippen LogP contribution in [-0.2, 0) is 11.3 Å². The third kappa shape index (κ3) is 4.37. The number of aryl methyl sites for hydroxylation is 2. The molecule has 2 aromatic rings. The van der Waals surface area contributed by atoms with Gasteiger partial charge in [-0.05, 0) is 32.5 Å². The third-order valence-electron chi connectivity index (χ3n) is 3.33. The molecule has 0 aliphatic carbocycles. The Balaban J connectivity index is 2.07. The second kappa shape index (κ2) is 6.83. The van der Waals surface area contributed by atoms with E-state index in [-0.39, 0.29) is 6.42 Å². The summed E-state index contributed by atoms with van der Waals surface area (Å²) in [5, 5.41) is 11.8. The number of aromatic nitrogens is 1. The zero-order valence-electron chi connectivity index (χ0n) is 12.6. The van der Waals surface area contributed by atoms with Gasteiger partial charge >= 0.3 is 5.97 Å². The van der Waals surface area contributed by atoms with Crippen molar-refractivity contribution in [3.05, 3.63) is 39.7 Å². The SMILES string of the molecule is Cc1ccc(C)c(-c2csc(CN(C)CCC(=O)O)n2)c1. The fourth-order valence-corrected chi connectivity index (χ4v) is 2.99. The Hall–Kier alpha value is -1.72. The average Bonchev–Trinajstić information content (AvgIpc) is 2.87. The Kier molecular flexibility index (Phi) is 5.09. The van der Waals surface area contributed by atoms with Gasteiger partial charge in [0.05, 0.1) is 18.7 Å². The average molecular weight is 304 g/mol. The Morgan fingerprint density at radius 1 is 1.38 bits per heavy atom. The van der Waals surface area contributed by atoms with Crippen molar-refractivity contribution >= 4 is 17.3 Å². The first-order valence-corrected chi connectivity index (χ1v) is 7.76.